The van der Waals surface area contributed by atoms with Gasteiger partial charge in [-0.2, -0.15) is 0 Å². The van der Waals surface area contributed by atoms with Crippen molar-refractivity contribution < 1.29 is 0 Å². The molecule has 0 aliphatic carbocycles. The minimum atomic E-state index is 0.314. The summed E-state index contributed by atoms with van der Waals surface area (Å²) in [5, 5.41) is 19.1. The zero-order valence-corrected chi connectivity index (χ0v) is 8.19. The fourth-order valence-electron chi connectivity index (χ4n) is 0.533. The Balaban J connectivity index is 2.48. The number of hydrogen-bond acceptors (Lipinski definition) is 4. The molecule has 10 heavy (non-hydrogen) atoms. The summed E-state index contributed by atoms with van der Waals surface area (Å²) < 4.78 is 2.09. The van der Waals surface area contributed by atoms with Crippen LogP contribution in [0, 0.1) is 0 Å². The molecule has 0 N–H and O–H groups in total. The van der Waals surface area contributed by atoms with Crippen LogP contribution in [-0.2, 0) is 0 Å². The molecule has 0 bridgehead atoms. The second-order valence-corrected chi connectivity index (χ2v) is 4.98. The summed E-state index contributed by atoms with van der Waals surface area (Å²) in [5.74, 6) is 0. The van der Waals surface area contributed by atoms with Gasteiger partial charge in [0.15, 0.2) is 0 Å². The van der Waals surface area contributed by atoms with E-state index >= 15 is 0 Å². The molecule has 0 fully saturated rings. The molecule has 6 heteroatoms. The molecular weight excluding hydrogens is 262 g/mol. The average Bonchev–Trinajstić information content (AvgIpc) is 2.59. The van der Waals surface area contributed by atoms with Gasteiger partial charge in [0.25, 0.3) is 0 Å². The monoisotopic (exact) mass is 266 g/mol. The van der Waals surface area contributed by atoms with Gasteiger partial charge in [0.1, 0.15) is 0 Å². The summed E-state index contributed by atoms with van der Waals surface area (Å²) in [6, 6.07) is 0. The Morgan fingerprint density at radius 1 is 0.900 bits per heavy atom. The fraction of sp³-hybridized carbons (Fsp3) is 0. The standard InChI is InChI=1S/C4H2N4Se2/c1-5-7-3(9-1)4-8-6-2-10-4/h1-2H. The Bertz CT molecular complexity index is 255. The van der Waals surface area contributed by atoms with Gasteiger partial charge in [-0.1, -0.05) is 0 Å². The zero-order chi connectivity index (χ0) is 6.81. The van der Waals surface area contributed by atoms with Gasteiger partial charge in [-0.15, -0.1) is 0 Å². The van der Waals surface area contributed by atoms with Crippen LogP contribution in [-0.4, -0.2) is 49.4 Å². The topological polar surface area (TPSA) is 51.6 Å². The molecule has 0 saturated heterocycles. The molecule has 0 amide bonds. The van der Waals surface area contributed by atoms with E-state index in [1.807, 2.05) is 10.1 Å². The number of nitrogens with zero attached hydrogens (tertiary/aromatic N) is 4. The summed E-state index contributed by atoms with van der Waals surface area (Å²) in [4.78, 5) is 0. The molecule has 0 saturated carbocycles. The van der Waals surface area contributed by atoms with Crippen LogP contribution in [0.2, 0.25) is 0 Å². The van der Waals surface area contributed by atoms with E-state index in [0.717, 1.165) is 9.14 Å². The summed E-state index contributed by atoms with van der Waals surface area (Å²) in [5.41, 5.74) is 0. The first kappa shape index (κ1) is 6.43. The van der Waals surface area contributed by atoms with E-state index in [0.29, 0.717) is 29.0 Å². The van der Waals surface area contributed by atoms with Crippen LogP contribution in [0.3, 0.4) is 0 Å². The van der Waals surface area contributed by atoms with Crippen LogP contribution in [0.15, 0.2) is 10.1 Å². The van der Waals surface area contributed by atoms with Crippen molar-refractivity contribution in [2.45, 2.75) is 0 Å². The van der Waals surface area contributed by atoms with Gasteiger partial charge in [-0.05, 0) is 0 Å². The first-order chi connectivity index (χ1) is 4.97. The normalized spacial score (nSPS) is 10.0. The molecule has 2 heterocycles. The fourth-order valence-corrected chi connectivity index (χ4v) is 3.39. The van der Waals surface area contributed by atoms with Crippen LogP contribution in [0.1, 0.15) is 0 Å². The summed E-state index contributed by atoms with van der Waals surface area (Å²) >= 11 is 0.628. The Hall–Kier alpha value is -0.281. The molecule has 0 aromatic carbocycles. The van der Waals surface area contributed by atoms with Crippen molar-refractivity contribution in [1.29, 1.82) is 0 Å². The maximum absolute atomic E-state index is 3.94. The molecule has 0 spiro atoms. The van der Waals surface area contributed by atoms with Crippen molar-refractivity contribution in [3.63, 3.8) is 0 Å². The molecule has 2 rings (SSSR count). The van der Waals surface area contributed by atoms with E-state index in [1.165, 1.54) is 0 Å². The Morgan fingerprint density at radius 2 is 1.40 bits per heavy atom. The van der Waals surface area contributed by atoms with Gasteiger partial charge in [0, 0.05) is 0 Å². The average molecular weight is 264 g/mol. The van der Waals surface area contributed by atoms with E-state index in [1.54, 1.807) is 0 Å². The third-order valence-electron chi connectivity index (χ3n) is 0.903. The zero-order valence-electron chi connectivity index (χ0n) is 4.76. The van der Waals surface area contributed by atoms with E-state index < -0.39 is 0 Å². The number of aromatic nitrogens is 4. The van der Waals surface area contributed by atoms with Crippen molar-refractivity contribution >= 4 is 29.0 Å². The Labute approximate surface area is 68.8 Å². The van der Waals surface area contributed by atoms with Crippen LogP contribution in [0.25, 0.3) is 9.14 Å². The molecule has 50 valence electrons. The Morgan fingerprint density at radius 3 is 1.70 bits per heavy atom. The molecule has 0 atom stereocenters. The predicted octanol–water partition coefficient (Wildman–Crippen LogP) is -0.952. The van der Waals surface area contributed by atoms with Crippen LogP contribution in [0.5, 0.6) is 0 Å². The second kappa shape index (κ2) is 2.76. The van der Waals surface area contributed by atoms with Gasteiger partial charge < -0.3 is 0 Å². The molecule has 0 aliphatic heterocycles. The number of rotatable bonds is 1. The van der Waals surface area contributed by atoms with Crippen molar-refractivity contribution in [2.24, 2.45) is 0 Å². The van der Waals surface area contributed by atoms with Gasteiger partial charge in [-0.3, -0.25) is 0 Å². The molecule has 2 aromatic rings. The third kappa shape index (κ3) is 1.11. The predicted molar refractivity (Wildman–Crippen MR) is 36.9 cm³/mol. The first-order valence-corrected chi connectivity index (χ1v) is 6.18. The first-order valence-electron chi connectivity index (χ1n) is 2.49. The van der Waals surface area contributed by atoms with Crippen LogP contribution in [0.4, 0.5) is 0 Å². The molecule has 0 unspecified atom stereocenters. The van der Waals surface area contributed by atoms with Gasteiger partial charge in [0.2, 0.25) is 0 Å². The SMILES string of the molecule is c1nnc(-c2nnc[se]2)[se]1. The van der Waals surface area contributed by atoms with Crippen molar-refractivity contribution in [1.82, 2.24) is 20.4 Å². The van der Waals surface area contributed by atoms with Crippen LogP contribution < -0.4 is 0 Å². The quantitative estimate of drug-likeness (QED) is 0.623. The van der Waals surface area contributed by atoms with E-state index in [4.69, 9.17) is 0 Å². The molecule has 4 nitrogen and oxygen atoms in total. The molecule has 0 aliphatic rings. The van der Waals surface area contributed by atoms with Gasteiger partial charge in [-0.25, -0.2) is 0 Å². The Kier molecular flexibility index (Phi) is 1.77. The van der Waals surface area contributed by atoms with E-state index in [-0.39, 0.29) is 0 Å². The van der Waals surface area contributed by atoms with Crippen molar-refractivity contribution in [3.05, 3.63) is 10.1 Å². The second-order valence-electron chi connectivity index (χ2n) is 1.49. The summed E-state index contributed by atoms with van der Waals surface area (Å²) in [7, 11) is 0. The summed E-state index contributed by atoms with van der Waals surface area (Å²) in [6.07, 6.45) is 0. The minimum absolute atomic E-state index is 0.314. The van der Waals surface area contributed by atoms with E-state index in [9.17, 15) is 0 Å². The van der Waals surface area contributed by atoms with E-state index in [2.05, 4.69) is 20.4 Å². The maximum atomic E-state index is 3.94. The van der Waals surface area contributed by atoms with Crippen molar-refractivity contribution in [2.75, 3.05) is 0 Å². The van der Waals surface area contributed by atoms with Crippen molar-refractivity contribution in [3.8, 4) is 9.14 Å². The molecule has 0 radical (unpaired) electrons. The number of hydrogen-bond donors (Lipinski definition) is 0. The van der Waals surface area contributed by atoms with Gasteiger partial charge in [0.05, 0.1) is 0 Å². The third-order valence-corrected chi connectivity index (χ3v) is 4.49. The molecular formula is C4H2N4Se2. The molecule has 2 aromatic heterocycles. The summed E-state index contributed by atoms with van der Waals surface area (Å²) in [6.45, 7) is 0. The van der Waals surface area contributed by atoms with Crippen LogP contribution >= 0.6 is 0 Å². The van der Waals surface area contributed by atoms with Gasteiger partial charge >= 0.3 is 68.7 Å².